The molecule has 0 aliphatic heterocycles. The Balaban J connectivity index is 1.44. The Morgan fingerprint density at radius 2 is 1.76 bits per heavy atom. The molecule has 0 unspecified atom stereocenters. The quantitative estimate of drug-likeness (QED) is 0.192. The van der Waals surface area contributed by atoms with E-state index in [-0.39, 0.29) is 17.0 Å². The summed E-state index contributed by atoms with van der Waals surface area (Å²) in [7, 11) is 1.45. The number of hydrazone groups is 1. The zero-order chi connectivity index (χ0) is 23.2. The summed E-state index contributed by atoms with van der Waals surface area (Å²) in [4.78, 5) is 29.1. The van der Waals surface area contributed by atoms with Gasteiger partial charge in [-0.3, -0.25) is 4.79 Å². The number of para-hydroxylation sites is 1. The molecule has 0 radical (unpaired) electrons. The highest BCUT2D eigenvalue weighted by Crippen LogP contribution is 2.29. The van der Waals surface area contributed by atoms with Gasteiger partial charge in [0.25, 0.3) is 5.91 Å². The number of ether oxygens (including phenoxy) is 2. The molecule has 8 heteroatoms. The Morgan fingerprint density at radius 1 is 0.970 bits per heavy atom. The van der Waals surface area contributed by atoms with Crippen molar-refractivity contribution in [3.8, 4) is 11.5 Å². The van der Waals surface area contributed by atoms with Crippen LogP contribution in [0.15, 0.2) is 84.0 Å². The van der Waals surface area contributed by atoms with Gasteiger partial charge in [-0.1, -0.05) is 48.0 Å². The molecule has 4 rings (SSSR count). The second kappa shape index (κ2) is 9.93. The van der Waals surface area contributed by atoms with Crippen LogP contribution in [0.4, 0.5) is 0 Å². The molecule has 7 nitrogen and oxygen atoms in total. The van der Waals surface area contributed by atoms with Crippen molar-refractivity contribution in [2.24, 2.45) is 5.10 Å². The number of methoxy groups -OCH3 is 1. The third-order valence-corrected chi connectivity index (χ3v) is 5.02. The first-order valence-electron chi connectivity index (χ1n) is 9.89. The molecule has 164 valence electrons. The third kappa shape index (κ3) is 5.16. The highest BCUT2D eigenvalue weighted by Gasteiger charge is 2.15. The maximum Gasteiger partial charge on any atom is 0.345 e. The van der Waals surface area contributed by atoms with Gasteiger partial charge < -0.3 is 9.47 Å². The van der Waals surface area contributed by atoms with Crippen LogP contribution in [0.2, 0.25) is 5.02 Å². The Morgan fingerprint density at radius 3 is 2.58 bits per heavy atom. The SMILES string of the molecule is COc1cc(/C=N\NC(=O)c2ccc3ccccc3n2)ccc1OC(=O)c1ccccc1Cl. The average Bonchev–Trinajstić information content (AvgIpc) is 2.84. The largest absolute Gasteiger partial charge is 0.493 e. The van der Waals surface area contributed by atoms with Crippen molar-refractivity contribution < 1.29 is 19.1 Å². The molecule has 0 saturated heterocycles. The summed E-state index contributed by atoms with van der Waals surface area (Å²) in [5.41, 5.74) is 4.30. The molecular weight excluding hydrogens is 442 g/mol. The van der Waals surface area contributed by atoms with E-state index in [1.807, 2.05) is 30.3 Å². The number of nitrogens with zero attached hydrogens (tertiary/aromatic N) is 2. The molecule has 1 N–H and O–H groups in total. The second-order valence-corrected chi connectivity index (χ2v) is 7.28. The number of carbonyl (C=O) groups excluding carboxylic acids is 2. The Labute approximate surface area is 194 Å². The number of amides is 1. The van der Waals surface area contributed by atoms with Crippen LogP contribution in [0.5, 0.6) is 11.5 Å². The number of carbonyl (C=O) groups is 2. The first-order chi connectivity index (χ1) is 16.0. The van der Waals surface area contributed by atoms with Gasteiger partial charge in [0.1, 0.15) is 5.69 Å². The fourth-order valence-corrected chi connectivity index (χ4v) is 3.26. The first-order valence-corrected chi connectivity index (χ1v) is 10.3. The van der Waals surface area contributed by atoms with Crippen LogP contribution in [0.1, 0.15) is 26.4 Å². The van der Waals surface area contributed by atoms with E-state index >= 15 is 0 Å². The van der Waals surface area contributed by atoms with Crippen molar-refractivity contribution in [2.45, 2.75) is 0 Å². The Bertz CT molecular complexity index is 1370. The topological polar surface area (TPSA) is 89.9 Å². The summed E-state index contributed by atoms with van der Waals surface area (Å²) in [5.74, 6) is -0.490. The minimum atomic E-state index is -0.601. The van der Waals surface area contributed by atoms with Gasteiger partial charge in [0, 0.05) is 5.39 Å². The molecule has 0 aliphatic carbocycles. The van der Waals surface area contributed by atoms with Crippen LogP contribution in [0.25, 0.3) is 10.9 Å². The zero-order valence-electron chi connectivity index (χ0n) is 17.5. The fourth-order valence-electron chi connectivity index (χ4n) is 3.05. The third-order valence-electron chi connectivity index (χ3n) is 4.69. The molecule has 1 heterocycles. The summed E-state index contributed by atoms with van der Waals surface area (Å²) in [6.07, 6.45) is 1.45. The lowest BCUT2D eigenvalue weighted by Gasteiger charge is -2.10. The molecular formula is C25H18ClN3O4. The number of nitrogens with one attached hydrogen (secondary N) is 1. The normalized spacial score (nSPS) is 10.8. The summed E-state index contributed by atoms with van der Waals surface area (Å²) >= 11 is 6.05. The van der Waals surface area contributed by atoms with E-state index in [4.69, 9.17) is 21.1 Å². The maximum atomic E-state index is 12.4. The predicted molar refractivity (Wildman–Crippen MR) is 126 cm³/mol. The standard InChI is InChI=1S/C25H18ClN3O4/c1-32-23-14-16(10-13-22(23)33-25(31)18-7-3-4-8-19(18)26)15-27-29-24(30)21-12-11-17-6-2-5-9-20(17)28-21/h2-15H,1H3,(H,29,30)/b27-15-. The van der Waals surface area contributed by atoms with Crippen LogP contribution >= 0.6 is 11.6 Å². The average molecular weight is 460 g/mol. The fraction of sp³-hybridized carbons (Fsp3) is 0.0400. The lowest BCUT2D eigenvalue weighted by atomic mass is 10.2. The zero-order valence-corrected chi connectivity index (χ0v) is 18.2. The van der Waals surface area contributed by atoms with Crippen LogP contribution < -0.4 is 14.9 Å². The Kier molecular flexibility index (Phi) is 6.61. The molecule has 4 aromatic rings. The number of hydrogen-bond acceptors (Lipinski definition) is 6. The van der Waals surface area contributed by atoms with Gasteiger partial charge >= 0.3 is 5.97 Å². The summed E-state index contributed by atoms with van der Waals surface area (Å²) in [5, 5.41) is 5.22. The number of benzene rings is 3. The van der Waals surface area contributed by atoms with Crippen molar-refractivity contribution in [3.63, 3.8) is 0 Å². The van der Waals surface area contributed by atoms with Gasteiger partial charge in [-0.05, 0) is 48.0 Å². The van der Waals surface area contributed by atoms with Crippen LogP contribution in [0.3, 0.4) is 0 Å². The number of rotatable bonds is 6. The number of halogens is 1. The van der Waals surface area contributed by atoms with Crippen LogP contribution in [-0.2, 0) is 0 Å². The van der Waals surface area contributed by atoms with Gasteiger partial charge in [0.15, 0.2) is 11.5 Å². The highest BCUT2D eigenvalue weighted by atomic mass is 35.5. The van der Waals surface area contributed by atoms with E-state index < -0.39 is 11.9 Å². The van der Waals surface area contributed by atoms with Crippen molar-refractivity contribution in [2.75, 3.05) is 7.11 Å². The van der Waals surface area contributed by atoms with Gasteiger partial charge in [-0.2, -0.15) is 5.10 Å². The summed E-state index contributed by atoms with van der Waals surface area (Å²) in [6, 6.07) is 22.5. The molecule has 0 atom stereocenters. The molecule has 3 aromatic carbocycles. The highest BCUT2D eigenvalue weighted by molar-refractivity contribution is 6.33. The van der Waals surface area contributed by atoms with Gasteiger partial charge in [0.05, 0.1) is 29.4 Å². The first kappa shape index (κ1) is 22.0. The molecule has 0 bridgehead atoms. The van der Waals surface area contributed by atoms with E-state index in [9.17, 15) is 9.59 Å². The molecule has 0 saturated carbocycles. The number of fused-ring (bicyclic) bond motifs is 1. The van der Waals surface area contributed by atoms with Crippen LogP contribution in [0, 0.1) is 0 Å². The molecule has 0 spiro atoms. The number of aromatic nitrogens is 1. The lowest BCUT2D eigenvalue weighted by molar-refractivity contribution is 0.0729. The van der Waals surface area contributed by atoms with E-state index in [2.05, 4.69) is 15.5 Å². The Hall–Kier alpha value is -4.23. The van der Waals surface area contributed by atoms with Gasteiger partial charge in [-0.25, -0.2) is 15.2 Å². The van der Waals surface area contributed by atoms with Crippen molar-refractivity contribution in [1.29, 1.82) is 0 Å². The molecule has 1 aromatic heterocycles. The smallest absolute Gasteiger partial charge is 0.345 e. The van der Waals surface area contributed by atoms with Crippen molar-refractivity contribution >= 4 is 40.6 Å². The number of esters is 1. The van der Waals surface area contributed by atoms with E-state index in [1.54, 1.807) is 48.5 Å². The minimum absolute atomic E-state index is 0.226. The second-order valence-electron chi connectivity index (χ2n) is 6.87. The van der Waals surface area contributed by atoms with Crippen molar-refractivity contribution in [1.82, 2.24) is 10.4 Å². The lowest BCUT2D eigenvalue weighted by Crippen LogP contribution is -2.18. The molecule has 33 heavy (non-hydrogen) atoms. The van der Waals surface area contributed by atoms with E-state index in [0.717, 1.165) is 10.9 Å². The number of hydrogen-bond donors (Lipinski definition) is 1. The maximum absolute atomic E-state index is 12.4. The van der Waals surface area contributed by atoms with Gasteiger partial charge in [-0.15, -0.1) is 0 Å². The molecule has 0 aliphatic rings. The van der Waals surface area contributed by atoms with Crippen molar-refractivity contribution in [3.05, 3.63) is 101 Å². The summed E-state index contributed by atoms with van der Waals surface area (Å²) in [6.45, 7) is 0. The summed E-state index contributed by atoms with van der Waals surface area (Å²) < 4.78 is 10.7. The number of pyridine rings is 1. The molecule has 1 amide bonds. The molecule has 0 fully saturated rings. The van der Waals surface area contributed by atoms with Gasteiger partial charge in [0.2, 0.25) is 0 Å². The van der Waals surface area contributed by atoms with E-state index in [0.29, 0.717) is 16.3 Å². The minimum Gasteiger partial charge on any atom is -0.493 e. The predicted octanol–water partition coefficient (Wildman–Crippen LogP) is 4.88. The van der Waals surface area contributed by atoms with Crippen LogP contribution in [-0.4, -0.2) is 30.2 Å². The monoisotopic (exact) mass is 459 g/mol. The van der Waals surface area contributed by atoms with E-state index in [1.165, 1.54) is 13.3 Å².